The van der Waals surface area contributed by atoms with Crippen LogP contribution in [-0.2, 0) is 0 Å². The van der Waals surface area contributed by atoms with Crippen LogP contribution in [0.15, 0.2) is 36.4 Å². The zero-order valence-corrected chi connectivity index (χ0v) is 9.47. The van der Waals surface area contributed by atoms with Crippen LogP contribution in [0.1, 0.15) is 0 Å². The molecule has 7 heteroatoms. The maximum Gasteiger partial charge on any atom is 0.314 e. The molecule has 0 aliphatic heterocycles. The lowest BCUT2D eigenvalue weighted by Gasteiger charge is -2.08. The predicted octanol–water partition coefficient (Wildman–Crippen LogP) is 3.25. The standard InChI is InChI=1S/C12H8F2N2O3/c13-9-4-5-10(16(17)18)12(11(9)14)19-8-3-1-2-7(15)6-8/h1-6H,15H2. The van der Waals surface area contributed by atoms with Gasteiger partial charge in [0.05, 0.1) is 4.92 Å². The first-order valence-electron chi connectivity index (χ1n) is 5.15. The summed E-state index contributed by atoms with van der Waals surface area (Å²) in [6.45, 7) is 0. The van der Waals surface area contributed by atoms with Crippen LogP contribution in [0.2, 0.25) is 0 Å². The summed E-state index contributed by atoms with van der Waals surface area (Å²) in [5.74, 6) is -3.36. The van der Waals surface area contributed by atoms with Crippen LogP contribution >= 0.6 is 0 Å². The van der Waals surface area contributed by atoms with Crippen LogP contribution in [0, 0.1) is 21.7 Å². The van der Waals surface area contributed by atoms with Crippen LogP contribution < -0.4 is 10.5 Å². The third-order valence-corrected chi connectivity index (χ3v) is 2.30. The fourth-order valence-corrected chi connectivity index (χ4v) is 1.46. The summed E-state index contributed by atoms with van der Waals surface area (Å²) in [7, 11) is 0. The van der Waals surface area contributed by atoms with Gasteiger partial charge in [-0.2, -0.15) is 4.39 Å². The highest BCUT2D eigenvalue weighted by atomic mass is 19.2. The first-order valence-corrected chi connectivity index (χ1v) is 5.15. The first-order chi connectivity index (χ1) is 8.99. The molecule has 0 bridgehead atoms. The largest absolute Gasteiger partial charge is 0.447 e. The van der Waals surface area contributed by atoms with Crippen LogP contribution in [-0.4, -0.2) is 4.92 Å². The van der Waals surface area contributed by atoms with E-state index in [1.54, 1.807) is 6.07 Å². The Morgan fingerprint density at radius 1 is 1.21 bits per heavy atom. The van der Waals surface area contributed by atoms with Crippen LogP contribution in [0.5, 0.6) is 11.5 Å². The zero-order valence-electron chi connectivity index (χ0n) is 9.47. The quantitative estimate of drug-likeness (QED) is 0.525. The average molecular weight is 266 g/mol. The van der Waals surface area contributed by atoms with E-state index in [1.807, 2.05) is 0 Å². The highest BCUT2D eigenvalue weighted by molar-refractivity contribution is 5.51. The molecule has 0 aliphatic carbocycles. The lowest BCUT2D eigenvalue weighted by atomic mass is 10.2. The van der Waals surface area contributed by atoms with Gasteiger partial charge in [-0.1, -0.05) is 6.07 Å². The number of hydrogen-bond donors (Lipinski definition) is 1. The molecule has 0 aliphatic rings. The molecule has 5 nitrogen and oxygen atoms in total. The van der Waals surface area contributed by atoms with E-state index in [4.69, 9.17) is 10.5 Å². The second-order valence-corrected chi connectivity index (χ2v) is 3.64. The maximum absolute atomic E-state index is 13.6. The Bertz CT molecular complexity index is 647. The summed E-state index contributed by atoms with van der Waals surface area (Å²) >= 11 is 0. The molecular formula is C12H8F2N2O3. The van der Waals surface area contributed by atoms with Gasteiger partial charge < -0.3 is 10.5 Å². The van der Waals surface area contributed by atoms with Gasteiger partial charge in [-0.05, 0) is 18.2 Å². The minimum absolute atomic E-state index is 0.0765. The maximum atomic E-state index is 13.6. The van der Waals surface area contributed by atoms with Crippen molar-refractivity contribution in [2.24, 2.45) is 0 Å². The van der Waals surface area contributed by atoms with E-state index in [9.17, 15) is 18.9 Å². The highest BCUT2D eigenvalue weighted by Gasteiger charge is 2.23. The lowest BCUT2D eigenvalue weighted by Crippen LogP contribution is -1.98. The van der Waals surface area contributed by atoms with Gasteiger partial charge in [-0.25, -0.2) is 4.39 Å². The van der Waals surface area contributed by atoms with Crippen molar-refractivity contribution in [3.63, 3.8) is 0 Å². The van der Waals surface area contributed by atoms with Crippen LogP contribution in [0.4, 0.5) is 20.2 Å². The topological polar surface area (TPSA) is 78.4 Å². The van der Waals surface area contributed by atoms with Gasteiger partial charge in [0.1, 0.15) is 5.75 Å². The van der Waals surface area contributed by atoms with E-state index >= 15 is 0 Å². The normalized spacial score (nSPS) is 10.2. The monoisotopic (exact) mass is 266 g/mol. The van der Waals surface area contributed by atoms with Crippen molar-refractivity contribution in [3.8, 4) is 11.5 Å². The van der Waals surface area contributed by atoms with Crippen molar-refractivity contribution < 1.29 is 18.4 Å². The van der Waals surface area contributed by atoms with Gasteiger partial charge in [0.25, 0.3) is 0 Å². The molecule has 0 spiro atoms. The summed E-state index contributed by atoms with van der Waals surface area (Å²) in [6.07, 6.45) is 0. The average Bonchev–Trinajstić information content (AvgIpc) is 2.35. The van der Waals surface area contributed by atoms with Gasteiger partial charge in [-0.15, -0.1) is 0 Å². The molecule has 0 atom stereocenters. The molecular weight excluding hydrogens is 258 g/mol. The third-order valence-electron chi connectivity index (χ3n) is 2.30. The minimum Gasteiger partial charge on any atom is -0.447 e. The van der Waals surface area contributed by atoms with Crippen molar-refractivity contribution in [3.05, 3.63) is 58.1 Å². The van der Waals surface area contributed by atoms with E-state index in [2.05, 4.69) is 0 Å². The Morgan fingerprint density at radius 2 is 1.95 bits per heavy atom. The predicted molar refractivity (Wildman–Crippen MR) is 63.9 cm³/mol. The summed E-state index contributed by atoms with van der Waals surface area (Å²) in [5, 5.41) is 10.8. The Hall–Kier alpha value is -2.70. The van der Waals surface area contributed by atoms with E-state index in [0.29, 0.717) is 11.8 Å². The molecule has 0 saturated heterocycles. The van der Waals surface area contributed by atoms with Gasteiger partial charge in [0.15, 0.2) is 5.82 Å². The van der Waals surface area contributed by atoms with Crippen molar-refractivity contribution in [2.45, 2.75) is 0 Å². The lowest BCUT2D eigenvalue weighted by molar-refractivity contribution is -0.385. The molecule has 0 aromatic heterocycles. The minimum atomic E-state index is -1.42. The van der Waals surface area contributed by atoms with E-state index in [0.717, 1.165) is 6.07 Å². The molecule has 98 valence electrons. The molecule has 19 heavy (non-hydrogen) atoms. The number of rotatable bonds is 3. The Balaban J connectivity index is 2.49. The van der Waals surface area contributed by atoms with Crippen molar-refractivity contribution >= 4 is 11.4 Å². The fourth-order valence-electron chi connectivity index (χ4n) is 1.46. The number of nitrogen functional groups attached to an aromatic ring is 1. The SMILES string of the molecule is Nc1cccc(Oc2c([N+](=O)[O-])ccc(F)c2F)c1. The number of nitro benzene ring substituents is 1. The number of hydrogen-bond acceptors (Lipinski definition) is 4. The van der Waals surface area contributed by atoms with Gasteiger partial charge in [0.2, 0.25) is 11.6 Å². The van der Waals surface area contributed by atoms with Crippen LogP contribution in [0.25, 0.3) is 0 Å². The molecule has 0 heterocycles. The molecule has 0 unspecified atom stereocenters. The van der Waals surface area contributed by atoms with Crippen molar-refractivity contribution in [1.82, 2.24) is 0 Å². The second-order valence-electron chi connectivity index (χ2n) is 3.64. The summed E-state index contributed by atoms with van der Waals surface area (Å²) < 4.78 is 31.7. The smallest absolute Gasteiger partial charge is 0.314 e. The number of nitro groups is 1. The number of halogens is 2. The summed E-state index contributed by atoms with van der Waals surface area (Å²) in [6, 6.07) is 7.34. The fraction of sp³-hybridized carbons (Fsp3) is 0. The number of nitrogens with zero attached hydrogens (tertiary/aromatic N) is 1. The highest BCUT2D eigenvalue weighted by Crippen LogP contribution is 2.35. The van der Waals surface area contributed by atoms with Crippen molar-refractivity contribution in [2.75, 3.05) is 5.73 Å². The Labute approximate surface area is 106 Å². The number of benzene rings is 2. The molecule has 0 radical (unpaired) electrons. The molecule has 2 aromatic rings. The third kappa shape index (κ3) is 2.59. The van der Waals surface area contributed by atoms with Gasteiger partial charge >= 0.3 is 5.69 Å². The molecule has 0 fully saturated rings. The van der Waals surface area contributed by atoms with E-state index in [-0.39, 0.29) is 5.75 Å². The Kier molecular flexibility index (Phi) is 3.28. The van der Waals surface area contributed by atoms with Crippen LogP contribution in [0.3, 0.4) is 0 Å². The summed E-state index contributed by atoms with van der Waals surface area (Å²) in [4.78, 5) is 9.90. The molecule has 0 amide bonds. The first kappa shape index (κ1) is 12.7. The van der Waals surface area contributed by atoms with Gasteiger partial charge in [0, 0.05) is 17.8 Å². The van der Waals surface area contributed by atoms with Crippen molar-refractivity contribution in [1.29, 1.82) is 0 Å². The molecule has 0 saturated carbocycles. The number of ether oxygens (including phenoxy) is 1. The van der Waals surface area contributed by atoms with E-state index in [1.165, 1.54) is 18.2 Å². The second kappa shape index (κ2) is 4.89. The van der Waals surface area contributed by atoms with Gasteiger partial charge in [-0.3, -0.25) is 10.1 Å². The Morgan fingerprint density at radius 3 is 2.58 bits per heavy atom. The molecule has 2 N–H and O–H groups in total. The molecule has 2 aromatic carbocycles. The number of anilines is 1. The summed E-state index contributed by atoms with van der Waals surface area (Å²) in [5.41, 5.74) is 5.16. The van der Waals surface area contributed by atoms with E-state index < -0.39 is 28.0 Å². The zero-order chi connectivity index (χ0) is 14.0. The molecule has 2 rings (SSSR count). The number of nitrogens with two attached hydrogens (primary N) is 1.